The molecule has 0 aliphatic carbocycles. The summed E-state index contributed by atoms with van der Waals surface area (Å²) in [7, 11) is 1.62. The number of fused-ring (bicyclic) bond motifs is 1. The van der Waals surface area contributed by atoms with E-state index in [-0.39, 0.29) is 0 Å². The molecule has 6 heteroatoms. The Bertz CT molecular complexity index is 475. The lowest BCUT2D eigenvalue weighted by atomic mass is 9.80. The highest BCUT2D eigenvalue weighted by Gasteiger charge is 2.25. The number of benzene rings is 1. The lowest BCUT2D eigenvalue weighted by molar-refractivity contribution is 0.501. The topological polar surface area (TPSA) is 17.8 Å². The third-order valence-corrected chi connectivity index (χ3v) is 2.15. The van der Waals surface area contributed by atoms with Gasteiger partial charge in [-0.1, -0.05) is 18.2 Å². The minimum Gasteiger partial charge on any atom is -0.445 e. The van der Waals surface area contributed by atoms with Crippen molar-refractivity contribution in [3.63, 3.8) is 0 Å². The van der Waals surface area contributed by atoms with Crippen molar-refractivity contribution in [3.05, 3.63) is 24.4 Å². The molecule has 0 spiro atoms. The van der Waals surface area contributed by atoms with Crippen molar-refractivity contribution in [2.24, 2.45) is 7.05 Å². The first-order chi connectivity index (χ1) is 6.48. The van der Waals surface area contributed by atoms with Gasteiger partial charge in [0.05, 0.1) is 11.7 Å². The van der Waals surface area contributed by atoms with Crippen molar-refractivity contribution in [3.8, 4) is 0 Å². The van der Waals surface area contributed by atoms with Crippen LogP contribution in [0, 0.1) is 0 Å². The van der Waals surface area contributed by atoms with Gasteiger partial charge in [-0.25, -0.2) is 0 Å². The highest BCUT2D eigenvalue weighted by Crippen LogP contribution is 2.15. The number of rotatable bonds is 1. The van der Waals surface area contributed by atoms with Crippen molar-refractivity contribution in [2.45, 2.75) is 0 Å². The number of hydrogen-bond donors (Lipinski definition) is 0. The Morgan fingerprint density at radius 3 is 2.64 bits per heavy atom. The van der Waals surface area contributed by atoms with E-state index in [2.05, 4.69) is 5.10 Å². The molecule has 14 heavy (non-hydrogen) atoms. The molecular formula is C8H7BF3N2-. The van der Waals surface area contributed by atoms with Crippen LogP contribution in [-0.4, -0.2) is 16.8 Å². The van der Waals surface area contributed by atoms with Crippen LogP contribution in [0.25, 0.3) is 10.9 Å². The Labute approximate surface area is 78.4 Å². The van der Waals surface area contributed by atoms with Gasteiger partial charge >= 0.3 is 6.98 Å². The molecule has 0 aliphatic rings. The van der Waals surface area contributed by atoms with Gasteiger partial charge < -0.3 is 12.9 Å². The van der Waals surface area contributed by atoms with Crippen molar-refractivity contribution in [1.29, 1.82) is 0 Å². The summed E-state index contributed by atoms with van der Waals surface area (Å²) in [6.07, 6.45) is 1.54. The van der Waals surface area contributed by atoms with E-state index in [1.165, 1.54) is 10.7 Å². The zero-order valence-corrected chi connectivity index (χ0v) is 7.42. The molecule has 2 rings (SSSR count). The van der Waals surface area contributed by atoms with Crippen LogP contribution < -0.4 is 5.46 Å². The summed E-state index contributed by atoms with van der Waals surface area (Å²) >= 11 is 0. The molecule has 0 saturated heterocycles. The number of halogens is 3. The van der Waals surface area contributed by atoms with Gasteiger partial charge in [0.1, 0.15) is 0 Å². The van der Waals surface area contributed by atoms with Crippen molar-refractivity contribution < 1.29 is 12.9 Å². The fraction of sp³-hybridized carbons (Fsp3) is 0.125. The third-order valence-electron chi connectivity index (χ3n) is 2.15. The van der Waals surface area contributed by atoms with Crippen LogP contribution in [0.4, 0.5) is 12.9 Å². The molecule has 74 valence electrons. The minimum atomic E-state index is -4.92. The maximum absolute atomic E-state index is 12.4. The average Bonchev–Trinajstić information content (AvgIpc) is 2.46. The normalized spacial score (nSPS) is 12.3. The van der Waals surface area contributed by atoms with Gasteiger partial charge in [-0.2, -0.15) is 5.10 Å². The number of aromatic nitrogens is 2. The molecule has 0 saturated carbocycles. The van der Waals surface area contributed by atoms with Gasteiger partial charge in [0, 0.05) is 12.4 Å². The Kier molecular flexibility index (Phi) is 1.80. The fourth-order valence-electron chi connectivity index (χ4n) is 1.36. The first-order valence-electron chi connectivity index (χ1n) is 4.10. The molecule has 0 atom stereocenters. The van der Waals surface area contributed by atoms with E-state index < -0.39 is 12.4 Å². The zero-order valence-electron chi connectivity index (χ0n) is 7.42. The summed E-state index contributed by atoms with van der Waals surface area (Å²) in [5, 5.41) is 4.59. The van der Waals surface area contributed by atoms with Crippen LogP contribution in [0.1, 0.15) is 0 Å². The predicted octanol–water partition coefficient (Wildman–Crippen LogP) is 1.63. The lowest BCUT2D eigenvalue weighted by Gasteiger charge is -2.14. The monoisotopic (exact) mass is 199 g/mol. The molecule has 0 bridgehead atoms. The predicted molar refractivity (Wildman–Crippen MR) is 49.4 cm³/mol. The standard InChI is InChI=1S/C8H7BF3N2/c1-14-8-4-7(9(10,11)12)3-2-6(8)5-13-14/h2-5H,1H3/q-1. The van der Waals surface area contributed by atoms with E-state index in [1.54, 1.807) is 13.2 Å². The Morgan fingerprint density at radius 1 is 1.29 bits per heavy atom. The highest BCUT2D eigenvalue weighted by atomic mass is 19.4. The molecule has 0 fully saturated rings. The van der Waals surface area contributed by atoms with Crippen molar-refractivity contribution in [1.82, 2.24) is 9.78 Å². The Balaban J connectivity index is 2.66. The summed E-state index contributed by atoms with van der Waals surface area (Å²) < 4.78 is 38.6. The smallest absolute Gasteiger partial charge is 0.445 e. The summed E-state index contributed by atoms with van der Waals surface area (Å²) in [6.45, 7) is -4.92. The second-order valence-corrected chi connectivity index (χ2v) is 3.16. The maximum atomic E-state index is 12.4. The van der Waals surface area contributed by atoms with E-state index in [0.717, 1.165) is 17.5 Å². The van der Waals surface area contributed by atoms with Gasteiger partial charge in [-0.3, -0.25) is 4.68 Å². The van der Waals surface area contributed by atoms with E-state index in [1.807, 2.05) is 0 Å². The molecule has 2 nitrogen and oxygen atoms in total. The minimum absolute atomic E-state index is 0.502. The van der Waals surface area contributed by atoms with E-state index in [9.17, 15) is 12.9 Å². The first kappa shape index (κ1) is 9.11. The molecular weight excluding hydrogens is 192 g/mol. The molecule has 0 amide bonds. The number of nitrogens with zero attached hydrogens (tertiary/aromatic N) is 2. The highest BCUT2D eigenvalue weighted by molar-refractivity contribution is 6.73. The molecule has 2 aromatic rings. The van der Waals surface area contributed by atoms with Gasteiger partial charge in [-0.05, 0) is 0 Å². The molecule has 1 aromatic carbocycles. The quantitative estimate of drug-likeness (QED) is 0.638. The Morgan fingerprint density at radius 2 is 2.00 bits per heavy atom. The third kappa shape index (κ3) is 1.36. The van der Waals surface area contributed by atoms with E-state index >= 15 is 0 Å². The first-order valence-corrected chi connectivity index (χ1v) is 4.10. The average molecular weight is 199 g/mol. The van der Waals surface area contributed by atoms with Crippen molar-refractivity contribution in [2.75, 3.05) is 0 Å². The fourth-order valence-corrected chi connectivity index (χ4v) is 1.36. The Hall–Kier alpha value is -1.46. The molecule has 0 aliphatic heterocycles. The van der Waals surface area contributed by atoms with Crippen molar-refractivity contribution >= 4 is 23.3 Å². The number of aryl methyl sites for hydroxylation is 1. The summed E-state index contributed by atoms with van der Waals surface area (Å²) in [6, 6.07) is 3.65. The molecule has 1 aromatic heterocycles. The molecule has 1 heterocycles. The largest absolute Gasteiger partial charge is 0.509 e. The van der Waals surface area contributed by atoms with Crippen LogP contribution in [0.15, 0.2) is 24.4 Å². The van der Waals surface area contributed by atoms with E-state index in [0.29, 0.717) is 5.52 Å². The molecule has 0 N–H and O–H groups in total. The molecule has 0 unspecified atom stereocenters. The second kappa shape index (κ2) is 2.77. The van der Waals surface area contributed by atoms with Gasteiger partial charge in [-0.15, -0.1) is 5.46 Å². The van der Waals surface area contributed by atoms with Crippen LogP contribution in [0.3, 0.4) is 0 Å². The van der Waals surface area contributed by atoms with Gasteiger partial charge in [0.25, 0.3) is 0 Å². The lowest BCUT2D eigenvalue weighted by Crippen LogP contribution is -2.33. The van der Waals surface area contributed by atoms with Crippen LogP contribution in [0.5, 0.6) is 0 Å². The number of hydrogen-bond acceptors (Lipinski definition) is 1. The summed E-state index contributed by atoms with van der Waals surface area (Å²) in [4.78, 5) is 0. The van der Waals surface area contributed by atoms with Crippen LogP contribution in [-0.2, 0) is 7.05 Å². The summed E-state index contributed by atoms with van der Waals surface area (Å²) in [5.41, 5.74) is -0.0807. The maximum Gasteiger partial charge on any atom is 0.509 e. The molecule has 0 radical (unpaired) electrons. The van der Waals surface area contributed by atoms with E-state index in [4.69, 9.17) is 0 Å². The van der Waals surface area contributed by atoms with Crippen LogP contribution in [0.2, 0.25) is 0 Å². The zero-order chi connectivity index (χ0) is 10.3. The van der Waals surface area contributed by atoms with Crippen LogP contribution >= 0.6 is 0 Å². The second-order valence-electron chi connectivity index (χ2n) is 3.16. The summed E-state index contributed by atoms with van der Waals surface area (Å²) in [5.74, 6) is 0. The SMILES string of the molecule is Cn1ncc2ccc([B-](F)(F)F)cc21. The van der Waals surface area contributed by atoms with Gasteiger partial charge in [0.2, 0.25) is 0 Å². The van der Waals surface area contributed by atoms with Gasteiger partial charge in [0.15, 0.2) is 0 Å².